The van der Waals surface area contributed by atoms with E-state index in [1.807, 2.05) is 13.0 Å². The smallest absolute Gasteiger partial charge is 0.144 e. The highest BCUT2D eigenvalue weighted by Gasteiger charge is 2.34. The highest BCUT2D eigenvalue weighted by atomic mass is 16.5. The second kappa shape index (κ2) is 5.32. The summed E-state index contributed by atoms with van der Waals surface area (Å²) in [6, 6.07) is 6.28. The Morgan fingerprint density at radius 1 is 1.16 bits per heavy atom. The van der Waals surface area contributed by atoms with E-state index in [9.17, 15) is 0 Å². The van der Waals surface area contributed by atoms with Gasteiger partial charge in [0.15, 0.2) is 0 Å². The molecule has 0 atom stereocenters. The molecular weight excluding hydrogens is 236 g/mol. The molecule has 1 heterocycles. The first-order valence-electron chi connectivity index (χ1n) is 7.61. The van der Waals surface area contributed by atoms with Crippen molar-refractivity contribution in [2.75, 3.05) is 23.8 Å². The number of rotatable bonds is 2. The fourth-order valence-corrected chi connectivity index (χ4v) is 3.39. The molecule has 19 heavy (non-hydrogen) atoms. The number of fused-ring (bicyclic) bond motifs is 1. The molecule has 1 aromatic carbocycles. The minimum atomic E-state index is 0.258. The average molecular weight is 260 g/mol. The van der Waals surface area contributed by atoms with Crippen molar-refractivity contribution < 1.29 is 4.74 Å². The fourth-order valence-electron chi connectivity index (χ4n) is 3.39. The van der Waals surface area contributed by atoms with Crippen LogP contribution in [-0.2, 0) is 0 Å². The molecule has 0 unspecified atom stereocenters. The van der Waals surface area contributed by atoms with Gasteiger partial charge < -0.3 is 15.4 Å². The van der Waals surface area contributed by atoms with E-state index in [1.165, 1.54) is 44.2 Å². The normalized spacial score (nSPS) is 20.9. The Morgan fingerprint density at radius 2 is 1.95 bits per heavy atom. The second-order valence-electron chi connectivity index (χ2n) is 5.78. The molecule has 0 aromatic heterocycles. The Hall–Kier alpha value is -1.38. The van der Waals surface area contributed by atoms with Gasteiger partial charge in [-0.25, -0.2) is 0 Å². The van der Waals surface area contributed by atoms with Crippen LogP contribution < -0.4 is 15.4 Å². The maximum absolute atomic E-state index is 5.70. The van der Waals surface area contributed by atoms with Gasteiger partial charge in [0.1, 0.15) is 11.4 Å². The quantitative estimate of drug-likeness (QED) is 0.842. The zero-order valence-electron chi connectivity index (χ0n) is 11.8. The third kappa shape index (κ3) is 2.51. The molecule has 0 bridgehead atoms. The van der Waals surface area contributed by atoms with Crippen molar-refractivity contribution in [3.63, 3.8) is 0 Å². The van der Waals surface area contributed by atoms with Crippen LogP contribution in [0.4, 0.5) is 11.4 Å². The molecule has 3 heteroatoms. The first-order valence-corrected chi connectivity index (χ1v) is 7.61. The van der Waals surface area contributed by atoms with Crippen molar-refractivity contribution >= 4 is 11.4 Å². The second-order valence-corrected chi connectivity index (χ2v) is 5.78. The number of nitrogens with one attached hydrogen (secondary N) is 2. The lowest BCUT2D eigenvalue weighted by molar-refractivity contribution is 0.340. The largest absolute Gasteiger partial charge is 0.492 e. The lowest BCUT2D eigenvalue weighted by atomic mass is 9.87. The summed E-state index contributed by atoms with van der Waals surface area (Å²) in [6.07, 6.45) is 8.01. The SMILES string of the molecule is CCOc1cccc2c1NCC1(CCCCCC1)N2. The molecule has 1 saturated carbocycles. The zero-order valence-corrected chi connectivity index (χ0v) is 11.8. The predicted molar refractivity (Wildman–Crippen MR) is 80.2 cm³/mol. The Bertz CT molecular complexity index is 436. The van der Waals surface area contributed by atoms with Crippen LogP contribution in [0.25, 0.3) is 0 Å². The number of anilines is 2. The zero-order chi connectivity index (χ0) is 13.1. The van der Waals surface area contributed by atoms with Crippen LogP contribution in [0, 0.1) is 0 Å². The van der Waals surface area contributed by atoms with Crippen molar-refractivity contribution in [2.45, 2.75) is 51.0 Å². The van der Waals surface area contributed by atoms with Crippen LogP contribution in [0.1, 0.15) is 45.4 Å². The summed E-state index contributed by atoms with van der Waals surface area (Å²) in [4.78, 5) is 0. The van der Waals surface area contributed by atoms with Gasteiger partial charge in [-0.15, -0.1) is 0 Å². The first kappa shape index (κ1) is 12.6. The van der Waals surface area contributed by atoms with Gasteiger partial charge in [0, 0.05) is 6.54 Å². The van der Waals surface area contributed by atoms with Crippen molar-refractivity contribution in [1.29, 1.82) is 0 Å². The maximum Gasteiger partial charge on any atom is 0.144 e. The van der Waals surface area contributed by atoms with Crippen molar-refractivity contribution in [1.82, 2.24) is 0 Å². The van der Waals surface area contributed by atoms with Crippen LogP contribution in [0.15, 0.2) is 18.2 Å². The van der Waals surface area contributed by atoms with E-state index < -0.39 is 0 Å². The van der Waals surface area contributed by atoms with E-state index in [0.29, 0.717) is 6.61 Å². The first-order chi connectivity index (χ1) is 9.33. The molecule has 1 fully saturated rings. The maximum atomic E-state index is 5.70. The molecule has 2 aliphatic rings. The Morgan fingerprint density at radius 3 is 2.68 bits per heavy atom. The number of benzene rings is 1. The summed E-state index contributed by atoms with van der Waals surface area (Å²) in [5, 5.41) is 7.43. The topological polar surface area (TPSA) is 33.3 Å². The summed E-state index contributed by atoms with van der Waals surface area (Å²) >= 11 is 0. The Balaban J connectivity index is 1.85. The van der Waals surface area contributed by atoms with Gasteiger partial charge in [-0.1, -0.05) is 31.7 Å². The molecule has 1 aliphatic carbocycles. The molecule has 3 nitrogen and oxygen atoms in total. The monoisotopic (exact) mass is 260 g/mol. The standard InChI is InChI=1S/C16H24N2O/c1-2-19-14-9-7-8-13-15(14)17-12-16(18-13)10-5-3-4-6-11-16/h7-9,17-18H,2-6,10-12H2,1H3. The van der Waals surface area contributed by atoms with Gasteiger partial charge in [-0.05, 0) is 31.9 Å². The van der Waals surface area contributed by atoms with E-state index in [2.05, 4.69) is 22.8 Å². The third-order valence-electron chi connectivity index (χ3n) is 4.39. The number of hydrogen-bond acceptors (Lipinski definition) is 3. The third-order valence-corrected chi connectivity index (χ3v) is 4.39. The van der Waals surface area contributed by atoms with Gasteiger partial charge in [0.05, 0.1) is 17.8 Å². The van der Waals surface area contributed by atoms with Gasteiger partial charge in [-0.3, -0.25) is 0 Å². The summed E-state index contributed by atoms with van der Waals surface area (Å²) in [7, 11) is 0. The molecule has 2 N–H and O–H groups in total. The van der Waals surface area contributed by atoms with Gasteiger partial charge in [0.25, 0.3) is 0 Å². The molecular formula is C16H24N2O. The summed E-state index contributed by atoms with van der Waals surface area (Å²) in [6.45, 7) is 3.76. The number of para-hydroxylation sites is 1. The highest BCUT2D eigenvalue weighted by molar-refractivity contribution is 5.78. The fraction of sp³-hybridized carbons (Fsp3) is 0.625. The summed E-state index contributed by atoms with van der Waals surface area (Å²) in [5.74, 6) is 0.968. The predicted octanol–water partition coefficient (Wildman–Crippen LogP) is 4.02. The lowest BCUT2D eigenvalue weighted by Crippen LogP contribution is -2.47. The summed E-state index contributed by atoms with van der Waals surface area (Å²) < 4.78 is 5.70. The van der Waals surface area contributed by atoms with E-state index in [-0.39, 0.29) is 5.54 Å². The molecule has 1 aromatic rings. The molecule has 3 rings (SSSR count). The molecule has 1 spiro atoms. The van der Waals surface area contributed by atoms with Crippen LogP contribution >= 0.6 is 0 Å². The Labute approximate surface area is 115 Å². The van der Waals surface area contributed by atoms with Crippen molar-refractivity contribution in [3.8, 4) is 5.75 Å². The van der Waals surface area contributed by atoms with Crippen LogP contribution in [0.5, 0.6) is 5.75 Å². The summed E-state index contributed by atoms with van der Waals surface area (Å²) in [5.41, 5.74) is 2.60. The molecule has 0 radical (unpaired) electrons. The van der Waals surface area contributed by atoms with E-state index >= 15 is 0 Å². The van der Waals surface area contributed by atoms with Gasteiger partial charge in [0.2, 0.25) is 0 Å². The van der Waals surface area contributed by atoms with Crippen LogP contribution in [-0.4, -0.2) is 18.7 Å². The minimum Gasteiger partial charge on any atom is -0.492 e. The van der Waals surface area contributed by atoms with Crippen LogP contribution in [0.3, 0.4) is 0 Å². The Kier molecular flexibility index (Phi) is 3.54. The molecule has 0 amide bonds. The van der Waals surface area contributed by atoms with Gasteiger partial charge in [-0.2, -0.15) is 0 Å². The average Bonchev–Trinajstić information content (AvgIpc) is 2.65. The van der Waals surface area contributed by atoms with E-state index in [1.54, 1.807) is 0 Å². The van der Waals surface area contributed by atoms with Crippen molar-refractivity contribution in [3.05, 3.63) is 18.2 Å². The molecule has 1 aliphatic heterocycles. The number of ether oxygens (including phenoxy) is 1. The van der Waals surface area contributed by atoms with Crippen LogP contribution in [0.2, 0.25) is 0 Å². The van der Waals surface area contributed by atoms with E-state index in [4.69, 9.17) is 4.74 Å². The molecule has 104 valence electrons. The highest BCUT2D eigenvalue weighted by Crippen LogP contribution is 2.41. The van der Waals surface area contributed by atoms with E-state index in [0.717, 1.165) is 18.0 Å². The van der Waals surface area contributed by atoms with Crippen molar-refractivity contribution in [2.24, 2.45) is 0 Å². The van der Waals surface area contributed by atoms with Gasteiger partial charge >= 0.3 is 0 Å². The minimum absolute atomic E-state index is 0.258. The lowest BCUT2D eigenvalue weighted by Gasteiger charge is -2.40. The number of hydrogen-bond donors (Lipinski definition) is 2. The molecule has 0 saturated heterocycles.